The van der Waals surface area contributed by atoms with Gasteiger partial charge in [-0.2, -0.15) is 0 Å². The van der Waals surface area contributed by atoms with Crippen molar-refractivity contribution in [2.45, 2.75) is 33.7 Å². The largest absolute Gasteiger partial charge is 0.350 e. The van der Waals surface area contributed by atoms with Crippen molar-refractivity contribution in [3.8, 4) is 0 Å². The summed E-state index contributed by atoms with van der Waals surface area (Å²) in [6.45, 7) is 7.76. The zero-order chi connectivity index (χ0) is 12.1. The van der Waals surface area contributed by atoms with Crippen LogP contribution >= 0.6 is 0 Å². The molecule has 16 heavy (non-hydrogen) atoms. The van der Waals surface area contributed by atoms with E-state index in [1.54, 1.807) is 0 Å². The lowest BCUT2D eigenvalue weighted by atomic mass is 10.0. The molecule has 0 aliphatic rings. The Bertz CT molecular complexity index is 390. The van der Waals surface area contributed by atoms with E-state index in [1.165, 1.54) is 0 Å². The van der Waals surface area contributed by atoms with Gasteiger partial charge in [-0.05, 0) is 38.8 Å². The first-order valence-corrected chi connectivity index (χ1v) is 5.56. The Morgan fingerprint density at radius 1 is 1.12 bits per heavy atom. The van der Waals surface area contributed by atoms with Crippen LogP contribution in [0.15, 0.2) is 35.9 Å². The summed E-state index contributed by atoms with van der Waals surface area (Å²) in [6, 6.07) is 10.1. The summed E-state index contributed by atoms with van der Waals surface area (Å²) in [4.78, 5) is 11.8. The van der Waals surface area contributed by atoms with E-state index in [0.29, 0.717) is 0 Å². The Hall–Kier alpha value is -1.57. The number of benzene rings is 1. The van der Waals surface area contributed by atoms with E-state index in [2.05, 4.69) is 5.32 Å². The van der Waals surface area contributed by atoms with E-state index in [0.717, 1.165) is 16.7 Å². The minimum Gasteiger partial charge on any atom is -0.350 e. The summed E-state index contributed by atoms with van der Waals surface area (Å²) in [5.41, 5.74) is 2.90. The Morgan fingerprint density at radius 3 is 2.19 bits per heavy atom. The lowest BCUT2D eigenvalue weighted by molar-refractivity contribution is -0.117. The van der Waals surface area contributed by atoms with Gasteiger partial charge in [0.25, 0.3) is 0 Å². The van der Waals surface area contributed by atoms with Crippen LogP contribution in [0.2, 0.25) is 0 Å². The Morgan fingerprint density at radius 2 is 1.69 bits per heavy atom. The van der Waals surface area contributed by atoms with Gasteiger partial charge in [-0.1, -0.05) is 30.3 Å². The molecule has 0 aliphatic heterocycles. The predicted octanol–water partition coefficient (Wildman–Crippen LogP) is 3.00. The van der Waals surface area contributed by atoms with Crippen molar-refractivity contribution in [2.75, 3.05) is 0 Å². The molecule has 0 spiro atoms. The number of nitrogens with one attached hydrogen (secondary N) is 1. The number of hydrogen-bond donors (Lipinski definition) is 1. The van der Waals surface area contributed by atoms with Crippen molar-refractivity contribution in [1.29, 1.82) is 0 Å². The highest BCUT2D eigenvalue weighted by Crippen LogP contribution is 2.17. The quantitative estimate of drug-likeness (QED) is 0.775. The molecule has 0 radical (unpaired) electrons. The van der Waals surface area contributed by atoms with E-state index in [-0.39, 0.29) is 11.9 Å². The molecule has 0 saturated carbocycles. The standard InChI is InChI=1S/C14H19NO/c1-10(2)15-14(16)12(4)11(3)13-8-6-5-7-9-13/h5-10H,1-4H3,(H,15,16)/b12-11-. The first kappa shape index (κ1) is 12.5. The fraction of sp³-hybridized carbons (Fsp3) is 0.357. The van der Waals surface area contributed by atoms with E-state index >= 15 is 0 Å². The van der Waals surface area contributed by atoms with Gasteiger partial charge in [-0.3, -0.25) is 4.79 Å². The van der Waals surface area contributed by atoms with Gasteiger partial charge in [0, 0.05) is 11.6 Å². The smallest absolute Gasteiger partial charge is 0.247 e. The second kappa shape index (κ2) is 5.50. The highest BCUT2D eigenvalue weighted by atomic mass is 16.1. The molecule has 1 amide bonds. The lowest BCUT2D eigenvalue weighted by Gasteiger charge is -2.11. The zero-order valence-electron chi connectivity index (χ0n) is 10.4. The van der Waals surface area contributed by atoms with Crippen LogP contribution in [0.1, 0.15) is 33.3 Å². The summed E-state index contributed by atoms with van der Waals surface area (Å²) in [5, 5.41) is 2.90. The molecule has 1 aromatic carbocycles. The van der Waals surface area contributed by atoms with Crippen molar-refractivity contribution in [3.05, 3.63) is 41.5 Å². The molecule has 86 valence electrons. The molecular weight excluding hydrogens is 198 g/mol. The topological polar surface area (TPSA) is 29.1 Å². The molecule has 1 N–H and O–H groups in total. The van der Waals surface area contributed by atoms with Crippen LogP contribution < -0.4 is 5.32 Å². The van der Waals surface area contributed by atoms with E-state index in [1.807, 2.05) is 58.0 Å². The van der Waals surface area contributed by atoms with Crippen molar-refractivity contribution in [1.82, 2.24) is 5.32 Å². The predicted molar refractivity (Wildman–Crippen MR) is 68.0 cm³/mol. The minimum absolute atomic E-state index is 0.0105. The number of amides is 1. The van der Waals surface area contributed by atoms with Gasteiger partial charge in [0.2, 0.25) is 5.91 Å². The number of carbonyl (C=O) groups excluding carboxylic acids is 1. The van der Waals surface area contributed by atoms with E-state index in [4.69, 9.17) is 0 Å². The molecule has 1 aromatic rings. The molecular formula is C14H19NO. The lowest BCUT2D eigenvalue weighted by Crippen LogP contribution is -2.31. The van der Waals surface area contributed by atoms with Crippen molar-refractivity contribution in [2.24, 2.45) is 0 Å². The molecule has 0 aromatic heterocycles. The highest BCUT2D eigenvalue weighted by Gasteiger charge is 2.09. The zero-order valence-corrected chi connectivity index (χ0v) is 10.4. The maximum atomic E-state index is 11.8. The summed E-state index contributed by atoms with van der Waals surface area (Å²) >= 11 is 0. The number of carbonyl (C=O) groups is 1. The van der Waals surface area contributed by atoms with Crippen LogP contribution in [0, 0.1) is 0 Å². The van der Waals surface area contributed by atoms with Crippen molar-refractivity contribution >= 4 is 11.5 Å². The molecule has 2 nitrogen and oxygen atoms in total. The maximum Gasteiger partial charge on any atom is 0.247 e. The number of hydrogen-bond acceptors (Lipinski definition) is 1. The average molecular weight is 217 g/mol. The van der Waals surface area contributed by atoms with Crippen LogP contribution in [-0.4, -0.2) is 11.9 Å². The molecule has 0 aliphatic carbocycles. The maximum absolute atomic E-state index is 11.8. The summed E-state index contributed by atoms with van der Waals surface area (Å²) in [5.74, 6) is 0.0105. The first-order valence-electron chi connectivity index (χ1n) is 5.56. The molecule has 0 heterocycles. The molecule has 0 unspecified atom stereocenters. The molecule has 0 fully saturated rings. The number of allylic oxidation sites excluding steroid dienone is 1. The molecule has 0 atom stereocenters. The first-order chi connectivity index (χ1) is 7.52. The van der Waals surface area contributed by atoms with Crippen LogP contribution in [0.3, 0.4) is 0 Å². The fourth-order valence-electron chi connectivity index (χ4n) is 1.45. The Kier molecular flexibility index (Phi) is 4.29. The van der Waals surface area contributed by atoms with Gasteiger partial charge in [0.15, 0.2) is 0 Å². The summed E-state index contributed by atoms with van der Waals surface area (Å²) in [7, 11) is 0. The molecule has 1 rings (SSSR count). The van der Waals surface area contributed by atoms with Crippen LogP contribution in [-0.2, 0) is 4.79 Å². The molecule has 0 saturated heterocycles. The monoisotopic (exact) mass is 217 g/mol. The Balaban J connectivity index is 2.92. The summed E-state index contributed by atoms with van der Waals surface area (Å²) < 4.78 is 0. The second-order valence-electron chi connectivity index (χ2n) is 4.24. The fourth-order valence-corrected chi connectivity index (χ4v) is 1.45. The minimum atomic E-state index is 0.0105. The molecule has 2 heteroatoms. The van der Waals surface area contributed by atoms with Gasteiger partial charge in [0.05, 0.1) is 0 Å². The van der Waals surface area contributed by atoms with Crippen LogP contribution in [0.4, 0.5) is 0 Å². The van der Waals surface area contributed by atoms with Gasteiger partial charge < -0.3 is 5.32 Å². The van der Waals surface area contributed by atoms with Crippen molar-refractivity contribution < 1.29 is 4.79 Å². The normalized spacial score (nSPS) is 12.3. The van der Waals surface area contributed by atoms with Crippen molar-refractivity contribution in [3.63, 3.8) is 0 Å². The van der Waals surface area contributed by atoms with Gasteiger partial charge >= 0.3 is 0 Å². The average Bonchev–Trinajstić information content (AvgIpc) is 2.27. The number of rotatable bonds is 3. The van der Waals surface area contributed by atoms with E-state index < -0.39 is 0 Å². The second-order valence-corrected chi connectivity index (χ2v) is 4.24. The van der Waals surface area contributed by atoms with E-state index in [9.17, 15) is 4.79 Å². The van der Waals surface area contributed by atoms with Gasteiger partial charge in [0.1, 0.15) is 0 Å². The van der Waals surface area contributed by atoms with Gasteiger partial charge in [-0.25, -0.2) is 0 Å². The SMILES string of the molecule is C/C(C(=O)NC(C)C)=C(\C)c1ccccc1. The Labute approximate surface area is 97.4 Å². The third-order valence-corrected chi connectivity index (χ3v) is 2.53. The molecule has 0 bridgehead atoms. The third-order valence-electron chi connectivity index (χ3n) is 2.53. The summed E-state index contributed by atoms with van der Waals surface area (Å²) in [6.07, 6.45) is 0. The van der Waals surface area contributed by atoms with Crippen LogP contribution in [0.25, 0.3) is 5.57 Å². The van der Waals surface area contributed by atoms with Gasteiger partial charge in [-0.15, -0.1) is 0 Å². The third kappa shape index (κ3) is 3.23. The highest BCUT2D eigenvalue weighted by molar-refractivity contribution is 6.00. The van der Waals surface area contributed by atoms with Crippen LogP contribution in [0.5, 0.6) is 0 Å².